The molecule has 0 atom stereocenters. The first kappa shape index (κ1) is 23.4. The quantitative estimate of drug-likeness (QED) is 0.400. The number of unbranched alkanes of at least 4 members (excludes halogenated alkanes) is 9. The van der Waals surface area contributed by atoms with Crippen LogP contribution in [0.25, 0.3) is 0 Å². The number of halogens is 1. The Bertz CT molecular complexity index is 358. The first-order valence-corrected chi connectivity index (χ1v) is 9.74. The van der Waals surface area contributed by atoms with Gasteiger partial charge in [0, 0.05) is 13.1 Å². The van der Waals surface area contributed by atoms with Crippen molar-refractivity contribution >= 4 is 12.4 Å². The first-order valence-electron chi connectivity index (χ1n) is 9.74. The van der Waals surface area contributed by atoms with Crippen molar-refractivity contribution in [2.24, 2.45) is 0 Å². The van der Waals surface area contributed by atoms with Crippen LogP contribution in [0.2, 0.25) is 0 Å². The fourth-order valence-electron chi connectivity index (χ4n) is 3.08. The second kappa shape index (κ2) is 17.3. The summed E-state index contributed by atoms with van der Waals surface area (Å²) in [5.74, 6) is 0. The van der Waals surface area contributed by atoms with Crippen molar-refractivity contribution in [1.82, 2.24) is 4.90 Å². The SMILES string of the molecule is CCCCCCCCCCCCN(CCO)Cc1ccccc1.Cl. The Balaban J connectivity index is 0.00000529. The first-order chi connectivity index (χ1) is 11.4. The van der Waals surface area contributed by atoms with Gasteiger partial charge >= 0.3 is 0 Å². The van der Waals surface area contributed by atoms with Crippen LogP contribution in [0.4, 0.5) is 0 Å². The van der Waals surface area contributed by atoms with Gasteiger partial charge in [0.15, 0.2) is 0 Å². The molecule has 0 aliphatic heterocycles. The van der Waals surface area contributed by atoms with E-state index in [1.165, 1.54) is 69.8 Å². The third-order valence-electron chi connectivity index (χ3n) is 4.49. The highest BCUT2D eigenvalue weighted by Gasteiger charge is 2.05. The van der Waals surface area contributed by atoms with Crippen LogP contribution in [-0.2, 0) is 6.54 Å². The lowest BCUT2D eigenvalue weighted by Gasteiger charge is -2.21. The minimum absolute atomic E-state index is 0. The highest BCUT2D eigenvalue weighted by atomic mass is 35.5. The van der Waals surface area contributed by atoms with E-state index in [-0.39, 0.29) is 19.0 Å². The molecule has 0 heterocycles. The molecule has 0 bridgehead atoms. The largest absolute Gasteiger partial charge is 0.395 e. The molecular weight excluding hydrogens is 318 g/mol. The zero-order valence-electron chi connectivity index (χ0n) is 15.6. The Morgan fingerprint density at radius 2 is 1.29 bits per heavy atom. The van der Waals surface area contributed by atoms with Gasteiger partial charge in [-0.1, -0.05) is 95.0 Å². The smallest absolute Gasteiger partial charge is 0.0558 e. The van der Waals surface area contributed by atoms with Crippen LogP contribution in [-0.4, -0.2) is 29.7 Å². The molecule has 24 heavy (non-hydrogen) atoms. The molecule has 0 aliphatic rings. The van der Waals surface area contributed by atoms with Gasteiger partial charge in [0.2, 0.25) is 0 Å². The summed E-state index contributed by atoms with van der Waals surface area (Å²) in [6.07, 6.45) is 13.8. The summed E-state index contributed by atoms with van der Waals surface area (Å²) in [4.78, 5) is 2.38. The molecule has 0 aromatic heterocycles. The highest BCUT2D eigenvalue weighted by molar-refractivity contribution is 5.85. The van der Waals surface area contributed by atoms with Gasteiger partial charge in [-0.25, -0.2) is 0 Å². The predicted molar refractivity (Wildman–Crippen MR) is 108 cm³/mol. The third-order valence-corrected chi connectivity index (χ3v) is 4.49. The zero-order valence-corrected chi connectivity index (χ0v) is 16.4. The number of benzene rings is 1. The Kier molecular flexibility index (Phi) is 16.8. The maximum Gasteiger partial charge on any atom is 0.0558 e. The highest BCUT2D eigenvalue weighted by Crippen LogP contribution is 2.11. The molecule has 0 saturated heterocycles. The Labute approximate surface area is 156 Å². The van der Waals surface area contributed by atoms with Gasteiger partial charge < -0.3 is 5.11 Å². The fourth-order valence-corrected chi connectivity index (χ4v) is 3.08. The van der Waals surface area contributed by atoms with Gasteiger partial charge in [-0.3, -0.25) is 4.90 Å². The molecule has 0 amide bonds. The van der Waals surface area contributed by atoms with Crippen molar-refractivity contribution in [3.05, 3.63) is 35.9 Å². The Morgan fingerprint density at radius 3 is 1.83 bits per heavy atom. The number of aliphatic hydroxyl groups is 1. The van der Waals surface area contributed by atoms with Gasteiger partial charge in [0.1, 0.15) is 0 Å². The van der Waals surface area contributed by atoms with E-state index in [0.29, 0.717) is 0 Å². The second-order valence-corrected chi connectivity index (χ2v) is 6.67. The van der Waals surface area contributed by atoms with E-state index >= 15 is 0 Å². The van der Waals surface area contributed by atoms with Gasteiger partial charge in [-0.05, 0) is 18.5 Å². The summed E-state index contributed by atoms with van der Waals surface area (Å²) in [6.45, 7) is 5.37. The zero-order chi connectivity index (χ0) is 16.6. The van der Waals surface area contributed by atoms with E-state index < -0.39 is 0 Å². The molecule has 1 aromatic carbocycles. The normalized spacial score (nSPS) is 10.8. The number of hydrogen-bond donors (Lipinski definition) is 1. The van der Waals surface area contributed by atoms with E-state index in [2.05, 4.69) is 42.2 Å². The third kappa shape index (κ3) is 12.8. The lowest BCUT2D eigenvalue weighted by atomic mass is 10.1. The molecule has 2 nitrogen and oxygen atoms in total. The molecule has 1 N–H and O–H groups in total. The lowest BCUT2D eigenvalue weighted by molar-refractivity contribution is 0.187. The van der Waals surface area contributed by atoms with E-state index in [1.54, 1.807) is 0 Å². The average molecular weight is 356 g/mol. The van der Waals surface area contributed by atoms with Crippen LogP contribution in [0, 0.1) is 0 Å². The molecule has 1 aromatic rings. The van der Waals surface area contributed by atoms with Crippen molar-refractivity contribution in [2.45, 2.75) is 77.7 Å². The maximum absolute atomic E-state index is 9.23. The summed E-state index contributed by atoms with van der Waals surface area (Å²) < 4.78 is 0. The molecule has 0 aliphatic carbocycles. The number of hydrogen-bond acceptors (Lipinski definition) is 2. The van der Waals surface area contributed by atoms with Crippen molar-refractivity contribution in [3.63, 3.8) is 0 Å². The van der Waals surface area contributed by atoms with Crippen LogP contribution in [0.3, 0.4) is 0 Å². The Morgan fingerprint density at radius 1 is 0.750 bits per heavy atom. The summed E-state index contributed by atoms with van der Waals surface area (Å²) in [6, 6.07) is 10.6. The number of nitrogens with zero attached hydrogens (tertiary/aromatic N) is 1. The van der Waals surface area contributed by atoms with E-state index in [0.717, 1.165) is 19.6 Å². The standard InChI is InChI=1S/C21H37NO.ClH/c1-2-3-4-5-6-7-8-9-10-14-17-22(18-19-23)20-21-15-12-11-13-16-21;/h11-13,15-16,23H,2-10,14,17-20H2,1H3;1H. The topological polar surface area (TPSA) is 23.5 Å². The lowest BCUT2D eigenvalue weighted by Crippen LogP contribution is -2.27. The second-order valence-electron chi connectivity index (χ2n) is 6.67. The minimum Gasteiger partial charge on any atom is -0.395 e. The van der Waals surface area contributed by atoms with Crippen molar-refractivity contribution in [1.29, 1.82) is 0 Å². The van der Waals surface area contributed by atoms with Gasteiger partial charge in [0.05, 0.1) is 6.61 Å². The average Bonchev–Trinajstić information content (AvgIpc) is 2.57. The minimum atomic E-state index is 0. The van der Waals surface area contributed by atoms with Crippen LogP contribution >= 0.6 is 12.4 Å². The summed E-state index contributed by atoms with van der Waals surface area (Å²) in [7, 11) is 0. The van der Waals surface area contributed by atoms with E-state index in [9.17, 15) is 5.11 Å². The van der Waals surface area contributed by atoms with Gasteiger partial charge in [-0.2, -0.15) is 0 Å². The van der Waals surface area contributed by atoms with Gasteiger partial charge in [-0.15, -0.1) is 12.4 Å². The molecule has 140 valence electrons. The van der Waals surface area contributed by atoms with E-state index in [4.69, 9.17) is 0 Å². The summed E-state index contributed by atoms with van der Waals surface area (Å²) >= 11 is 0. The summed E-state index contributed by atoms with van der Waals surface area (Å²) in [5, 5.41) is 9.23. The van der Waals surface area contributed by atoms with Crippen LogP contribution in [0.1, 0.15) is 76.7 Å². The fraction of sp³-hybridized carbons (Fsp3) is 0.714. The van der Waals surface area contributed by atoms with Crippen LogP contribution < -0.4 is 0 Å². The molecule has 0 radical (unpaired) electrons. The molecule has 0 unspecified atom stereocenters. The van der Waals surface area contributed by atoms with Crippen molar-refractivity contribution < 1.29 is 5.11 Å². The summed E-state index contributed by atoms with van der Waals surface area (Å²) in [5.41, 5.74) is 1.34. The predicted octanol–water partition coefficient (Wildman–Crippen LogP) is 5.82. The molecule has 0 fully saturated rings. The van der Waals surface area contributed by atoms with Gasteiger partial charge in [0.25, 0.3) is 0 Å². The number of rotatable bonds is 15. The van der Waals surface area contributed by atoms with Crippen LogP contribution in [0.5, 0.6) is 0 Å². The van der Waals surface area contributed by atoms with Crippen LogP contribution in [0.15, 0.2) is 30.3 Å². The molecular formula is C21H38ClNO. The maximum atomic E-state index is 9.23. The van der Waals surface area contributed by atoms with E-state index in [1.807, 2.05) is 0 Å². The van der Waals surface area contributed by atoms with Crippen molar-refractivity contribution in [3.8, 4) is 0 Å². The molecule has 1 rings (SSSR count). The molecule has 0 spiro atoms. The number of aliphatic hydroxyl groups excluding tert-OH is 1. The Hall–Kier alpha value is -0.570. The molecule has 3 heteroatoms. The van der Waals surface area contributed by atoms with Crippen molar-refractivity contribution in [2.75, 3.05) is 19.7 Å². The molecule has 0 saturated carbocycles. The monoisotopic (exact) mass is 355 g/mol.